The summed E-state index contributed by atoms with van der Waals surface area (Å²) < 4.78 is 0. The van der Waals surface area contributed by atoms with E-state index in [1.54, 1.807) is 7.05 Å². The molecule has 0 aromatic rings. The van der Waals surface area contributed by atoms with Crippen LogP contribution in [0.25, 0.3) is 0 Å². The van der Waals surface area contributed by atoms with Crippen molar-refractivity contribution < 1.29 is 9.59 Å². The first-order valence-electron chi connectivity index (χ1n) is 6.01. The van der Waals surface area contributed by atoms with Crippen LogP contribution in [0, 0.1) is 11.8 Å². The van der Waals surface area contributed by atoms with E-state index in [1.165, 1.54) is 0 Å². The van der Waals surface area contributed by atoms with Gasteiger partial charge in [-0.3, -0.25) is 9.69 Å². The molecule has 0 aromatic heterocycles. The third-order valence-corrected chi connectivity index (χ3v) is 3.39. The molecule has 1 atom stereocenters. The number of aldehydes is 1. The van der Waals surface area contributed by atoms with E-state index in [9.17, 15) is 9.59 Å². The van der Waals surface area contributed by atoms with Crippen molar-refractivity contribution in [3.63, 3.8) is 0 Å². The van der Waals surface area contributed by atoms with Crippen LogP contribution in [0.2, 0.25) is 0 Å². The lowest BCUT2D eigenvalue weighted by atomic mass is 9.93. The van der Waals surface area contributed by atoms with E-state index >= 15 is 0 Å². The molecule has 0 radical (unpaired) electrons. The second kappa shape index (κ2) is 5.99. The standard InChI is InChI=1S/C12H22N2O2/c1-9(2)11(8-15)14-6-4-10(5-7-14)12(16)13-3/h8-11H,4-7H2,1-3H3,(H,13,16). The molecule has 1 aliphatic heterocycles. The van der Waals surface area contributed by atoms with Crippen LogP contribution >= 0.6 is 0 Å². The van der Waals surface area contributed by atoms with Crippen molar-refractivity contribution in [2.75, 3.05) is 20.1 Å². The lowest BCUT2D eigenvalue weighted by Crippen LogP contribution is -2.47. The molecule has 0 aliphatic carbocycles. The molecular weight excluding hydrogens is 204 g/mol. The Balaban J connectivity index is 2.47. The molecule has 1 rings (SSSR count). The Labute approximate surface area is 97.4 Å². The van der Waals surface area contributed by atoms with Gasteiger partial charge in [-0.15, -0.1) is 0 Å². The highest BCUT2D eigenvalue weighted by atomic mass is 16.1. The molecule has 1 amide bonds. The number of likely N-dealkylation sites (tertiary alicyclic amines) is 1. The molecule has 0 aromatic carbocycles. The van der Waals surface area contributed by atoms with Gasteiger partial charge in [0.2, 0.25) is 5.91 Å². The molecule has 0 bridgehead atoms. The van der Waals surface area contributed by atoms with Crippen LogP contribution in [0.15, 0.2) is 0 Å². The number of carbonyl (C=O) groups is 2. The van der Waals surface area contributed by atoms with Gasteiger partial charge in [-0.05, 0) is 31.8 Å². The number of carbonyl (C=O) groups excluding carboxylic acids is 2. The minimum absolute atomic E-state index is 0.00522. The summed E-state index contributed by atoms with van der Waals surface area (Å²) >= 11 is 0. The van der Waals surface area contributed by atoms with Crippen molar-refractivity contribution in [3.05, 3.63) is 0 Å². The summed E-state index contributed by atoms with van der Waals surface area (Å²) in [5, 5.41) is 2.69. The smallest absolute Gasteiger partial charge is 0.222 e. The van der Waals surface area contributed by atoms with Crippen LogP contribution in [0.5, 0.6) is 0 Å². The van der Waals surface area contributed by atoms with Gasteiger partial charge < -0.3 is 10.1 Å². The van der Waals surface area contributed by atoms with Gasteiger partial charge in [-0.1, -0.05) is 13.8 Å². The quantitative estimate of drug-likeness (QED) is 0.717. The second-order valence-electron chi connectivity index (χ2n) is 4.80. The SMILES string of the molecule is CNC(=O)C1CCN(C(C=O)C(C)C)CC1. The van der Waals surface area contributed by atoms with E-state index in [2.05, 4.69) is 24.1 Å². The number of amides is 1. The van der Waals surface area contributed by atoms with E-state index in [-0.39, 0.29) is 17.9 Å². The maximum absolute atomic E-state index is 11.4. The van der Waals surface area contributed by atoms with E-state index in [4.69, 9.17) is 0 Å². The number of nitrogens with zero attached hydrogens (tertiary/aromatic N) is 1. The van der Waals surface area contributed by atoms with Crippen molar-refractivity contribution in [3.8, 4) is 0 Å². The minimum atomic E-state index is 0.00522. The van der Waals surface area contributed by atoms with Gasteiger partial charge in [-0.25, -0.2) is 0 Å². The van der Waals surface area contributed by atoms with E-state index < -0.39 is 0 Å². The summed E-state index contributed by atoms with van der Waals surface area (Å²) in [6.07, 6.45) is 2.75. The molecule has 1 unspecified atom stereocenters. The summed E-state index contributed by atoms with van der Waals surface area (Å²) in [7, 11) is 1.68. The average Bonchev–Trinajstić information content (AvgIpc) is 2.29. The summed E-state index contributed by atoms with van der Waals surface area (Å²) in [6.45, 7) is 5.81. The average molecular weight is 226 g/mol. The zero-order chi connectivity index (χ0) is 12.1. The Kier molecular flexibility index (Phi) is 4.93. The summed E-state index contributed by atoms with van der Waals surface area (Å²) in [5.41, 5.74) is 0. The van der Waals surface area contributed by atoms with Gasteiger partial charge in [0.05, 0.1) is 6.04 Å². The Bertz CT molecular complexity index is 245. The van der Waals surface area contributed by atoms with Crippen molar-refractivity contribution in [2.24, 2.45) is 11.8 Å². The topological polar surface area (TPSA) is 49.4 Å². The summed E-state index contributed by atoms with van der Waals surface area (Å²) in [6, 6.07) is 0.00522. The molecule has 1 N–H and O–H groups in total. The molecule has 1 saturated heterocycles. The fraction of sp³-hybridized carbons (Fsp3) is 0.833. The Morgan fingerprint density at radius 2 is 1.94 bits per heavy atom. The van der Waals surface area contributed by atoms with E-state index in [0.29, 0.717) is 5.92 Å². The Morgan fingerprint density at radius 3 is 2.31 bits per heavy atom. The zero-order valence-corrected chi connectivity index (χ0v) is 10.4. The molecule has 0 spiro atoms. The first-order valence-corrected chi connectivity index (χ1v) is 6.01. The van der Waals surface area contributed by atoms with Gasteiger partial charge in [0, 0.05) is 13.0 Å². The van der Waals surface area contributed by atoms with Crippen LogP contribution in [0.4, 0.5) is 0 Å². The number of piperidine rings is 1. The molecular formula is C12H22N2O2. The molecule has 0 saturated carbocycles. The predicted molar refractivity (Wildman–Crippen MR) is 63.1 cm³/mol. The molecule has 4 nitrogen and oxygen atoms in total. The van der Waals surface area contributed by atoms with Crippen molar-refractivity contribution in [1.29, 1.82) is 0 Å². The van der Waals surface area contributed by atoms with Gasteiger partial charge in [0.25, 0.3) is 0 Å². The number of hydrogen-bond acceptors (Lipinski definition) is 3. The van der Waals surface area contributed by atoms with E-state index in [0.717, 1.165) is 32.2 Å². The fourth-order valence-corrected chi connectivity index (χ4v) is 2.33. The van der Waals surface area contributed by atoms with Crippen molar-refractivity contribution >= 4 is 12.2 Å². The van der Waals surface area contributed by atoms with Crippen molar-refractivity contribution in [1.82, 2.24) is 10.2 Å². The summed E-state index contributed by atoms with van der Waals surface area (Å²) in [5.74, 6) is 0.599. The number of hydrogen-bond donors (Lipinski definition) is 1. The largest absolute Gasteiger partial charge is 0.359 e. The van der Waals surface area contributed by atoms with E-state index in [1.807, 2.05) is 0 Å². The Hall–Kier alpha value is -0.900. The van der Waals surface area contributed by atoms with Crippen LogP contribution in [-0.4, -0.2) is 43.3 Å². The number of rotatable bonds is 4. The molecule has 1 heterocycles. The highest BCUT2D eigenvalue weighted by Gasteiger charge is 2.29. The molecule has 92 valence electrons. The zero-order valence-electron chi connectivity index (χ0n) is 10.4. The molecule has 1 aliphatic rings. The maximum Gasteiger partial charge on any atom is 0.222 e. The first kappa shape index (κ1) is 13.2. The lowest BCUT2D eigenvalue weighted by molar-refractivity contribution is -0.126. The van der Waals surface area contributed by atoms with Crippen LogP contribution in [-0.2, 0) is 9.59 Å². The lowest BCUT2D eigenvalue weighted by Gasteiger charge is -2.36. The van der Waals surface area contributed by atoms with Crippen molar-refractivity contribution in [2.45, 2.75) is 32.7 Å². The number of nitrogens with one attached hydrogen (secondary N) is 1. The molecule has 4 heteroatoms. The highest BCUT2D eigenvalue weighted by Crippen LogP contribution is 2.21. The second-order valence-corrected chi connectivity index (χ2v) is 4.80. The monoisotopic (exact) mass is 226 g/mol. The Morgan fingerprint density at radius 1 is 1.38 bits per heavy atom. The molecule has 16 heavy (non-hydrogen) atoms. The van der Waals surface area contributed by atoms with Crippen LogP contribution < -0.4 is 5.32 Å². The van der Waals surface area contributed by atoms with Gasteiger partial charge in [0.1, 0.15) is 6.29 Å². The fourth-order valence-electron chi connectivity index (χ4n) is 2.33. The van der Waals surface area contributed by atoms with Gasteiger partial charge in [-0.2, -0.15) is 0 Å². The molecule has 1 fully saturated rings. The van der Waals surface area contributed by atoms with Crippen LogP contribution in [0.1, 0.15) is 26.7 Å². The van der Waals surface area contributed by atoms with Gasteiger partial charge in [0.15, 0.2) is 0 Å². The summed E-state index contributed by atoms with van der Waals surface area (Å²) in [4.78, 5) is 24.6. The highest BCUT2D eigenvalue weighted by molar-refractivity contribution is 5.78. The maximum atomic E-state index is 11.4. The third-order valence-electron chi connectivity index (χ3n) is 3.39. The first-order chi connectivity index (χ1) is 7.60. The normalized spacial score (nSPS) is 20.8. The predicted octanol–water partition coefficient (Wildman–Crippen LogP) is 0.668. The third kappa shape index (κ3) is 3.04. The minimum Gasteiger partial charge on any atom is -0.359 e. The van der Waals surface area contributed by atoms with Gasteiger partial charge >= 0.3 is 0 Å². The van der Waals surface area contributed by atoms with Crippen LogP contribution in [0.3, 0.4) is 0 Å².